The number of benzene rings is 1. The van der Waals surface area contributed by atoms with E-state index in [1.165, 1.54) is 31.3 Å². The van der Waals surface area contributed by atoms with Crippen LogP contribution in [0.3, 0.4) is 0 Å². The number of nitrogens with zero attached hydrogens (tertiary/aromatic N) is 1. The van der Waals surface area contributed by atoms with Crippen LogP contribution in [0.15, 0.2) is 47.4 Å². The van der Waals surface area contributed by atoms with Crippen LogP contribution in [0.2, 0.25) is 5.02 Å². The van der Waals surface area contributed by atoms with Gasteiger partial charge in [-0.2, -0.15) is 0 Å². The summed E-state index contributed by atoms with van der Waals surface area (Å²) in [7, 11) is 0. The molecule has 6 nitrogen and oxygen atoms in total. The van der Waals surface area contributed by atoms with Crippen molar-refractivity contribution in [3.05, 3.63) is 63.8 Å². The fourth-order valence-corrected chi connectivity index (χ4v) is 2.00. The fraction of sp³-hybridized carbons (Fsp3) is 0.188. The number of aromatic nitrogens is 1. The largest absolute Gasteiger partial charge is 0.451 e. The molecule has 0 aliphatic heterocycles. The highest BCUT2D eigenvalue weighted by atomic mass is 35.5. The van der Waals surface area contributed by atoms with Gasteiger partial charge < -0.3 is 14.6 Å². The molecular weight excluding hydrogens is 339 g/mol. The highest BCUT2D eigenvalue weighted by molar-refractivity contribution is 6.30. The van der Waals surface area contributed by atoms with Crippen molar-refractivity contribution < 1.29 is 18.7 Å². The molecule has 0 aliphatic carbocycles. The molecule has 1 N–H and O–H groups in total. The Morgan fingerprint density at radius 3 is 2.75 bits per heavy atom. The molecule has 1 amide bonds. The molecule has 0 spiro atoms. The maximum atomic E-state index is 13.6. The van der Waals surface area contributed by atoms with E-state index in [4.69, 9.17) is 16.3 Å². The number of pyridine rings is 1. The lowest BCUT2D eigenvalue weighted by molar-refractivity contribution is -0.153. The van der Waals surface area contributed by atoms with E-state index in [0.29, 0.717) is 0 Å². The molecule has 0 saturated heterocycles. The maximum Gasteiger partial charge on any atom is 0.326 e. The first-order valence-electron chi connectivity index (χ1n) is 6.97. The minimum Gasteiger partial charge on any atom is -0.451 e. The summed E-state index contributed by atoms with van der Waals surface area (Å²) in [5, 5.41) is 2.49. The third kappa shape index (κ3) is 4.66. The second kappa shape index (κ2) is 7.74. The van der Waals surface area contributed by atoms with Crippen LogP contribution in [0.5, 0.6) is 0 Å². The van der Waals surface area contributed by atoms with Crippen molar-refractivity contribution in [2.24, 2.45) is 0 Å². The Bertz CT molecular complexity index is 822. The van der Waals surface area contributed by atoms with Crippen molar-refractivity contribution in [2.75, 3.05) is 5.32 Å². The van der Waals surface area contributed by atoms with Gasteiger partial charge in [0.25, 0.3) is 11.5 Å². The number of rotatable bonds is 5. The van der Waals surface area contributed by atoms with Crippen LogP contribution in [-0.4, -0.2) is 22.5 Å². The van der Waals surface area contributed by atoms with E-state index in [2.05, 4.69) is 5.32 Å². The molecule has 126 valence electrons. The van der Waals surface area contributed by atoms with Crippen LogP contribution >= 0.6 is 11.6 Å². The van der Waals surface area contributed by atoms with Crippen molar-refractivity contribution in [3.63, 3.8) is 0 Å². The summed E-state index contributed by atoms with van der Waals surface area (Å²) in [6, 6.07) is 8.20. The van der Waals surface area contributed by atoms with E-state index >= 15 is 0 Å². The average Bonchev–Trinajstić information content (AvgIpc) is 2.52. The SMILES string of the molecule is C[C@H](OC(=O)Cn1ccccc1=O)C(=O)Nc1ccc(Cl)cc1F. The predicted molar refractivity (Wildman–Crippen MR) is 86.3 cm³/mol. The number of anilines is 1. The standard InChI is InChI=1S/C16H14ClFN2O4/c1-10(16(23)19-13-6-5-11(17)8-12(13)18)24-15(22)9-20-7-3-2-4-14(20)21/h2-8,10H,9H2,1H3,(H,19,23)/t10-/m0/s1. The average molecular weight is 353 g/mol. The second-order valence-corrected chi connectivity index (χ2v) is 5.35. The number of amides is 1. The van der Waals surface area contributed by atoms with Gasteiger partial charge >= 0.3 is 5.97 Å². The molecule has 0 unspecified atom stereocenters. The third-order valence-electron chi connectivity index (χ3n) is 3.06. The Balaban J connectivity index is 1.94. The van der Waals surface area contributed by atoms with Crippen molar-refractivity contribution in [1.29, 1.82) is 0 Å². The first kappa shape index (κ1) is 17.7. The predicted octanol–water partition coefficient (Wildman–Crippen LogP) is 2.21. The molecule has 0 bridgehead atoms. The van der Waals surface area contributed by atoms with Gasteiger partial charge in [0.2, 0.25) is 0 Å². The number of nitrogens with one attached hydrogen (secondary N) is 1. The van der Waals surface area contributed by atoms with Crippen LogP contribution in [0.4, 0.5) is 10.1 Å². The number of carbonyl (C=O) groups excluding carboxylic acids is 2. The van der Waals surface area contributed by atoms with E-state index in [1.54, 1.807) is 12.1 Å². The van der Waals surface area contributed by atoms with E-state index in [1.807, 2.05) is 0 Å². The molecule has 2 aromatic rings. The van der Waals surface area contributed by atoms with Crippen molar-refractivity contribution in [1.82, 2.24) is 4.57 Å². The molecule has 1 aromatic carbocycles. The summed E-state index contributed by atoms with van der Waals surface area (Å²) in [5.41, 5.74) is -0.443. The Labute approximate surface area is 141 Å². The zero-order valence-electron chi connectivity index (χ0n) is 12.7. The minimum atomic E-state index is -1.16. The number of carbonyl (C=O) groups is 2. The Hall–Kier alpha value is -2.67. The van der Waals surface area contributed by atoms with Gasteiger partial charge in [0.15, 0.2) is 6.10 Å². The van der Waals surface area contributed by atoms with Gasteiger partial charge in [-0.1, -0.05) is 17.7 Å². The van der Waals surface area contributed by atoms with Crippen molar-refractivity contribution in [2.45, 2.75) is 19.6 Å². The van der Waals surface area contributed by atoms with Crippen LogP contribution in [0.25, 0.3) is 0 Å². The number of hydrogen-bond donors (Lipinski definition) is 1. The lowest BCUT2D eigenvalue weighted by Crippen LogP contribution is -2.32. The summed E-state index contributed by atoms with van der Waals surface area (Å²) in [5.74, 6) is -2.17. The summed E-state index contributed by atoms with van der Waals surface area (Å²) in [4.78, 5) is 35.2. The summed E-state index contributed by atoms with van der Waals surface area (Å²) >= 11 is 5.62. The molecule has 0 saturated carbocycles. The normalized spacial score (nSPS) is 11.6. The third-order valence-corrected chi connectivity index (χ3v) is 3.30. The van der Waals surface area contributed by atoms with Crippen LogP contribution < -0.4 is 10.9 Å². The quantitative estimate of drug-likeness (QED) is 0.837. The number of hydrogen-bond acceptors (Lipinski definition) is 4. The topological polar surface area (TPSA) is 77.4 Å². The van der Waals surface area contributed by atoms with Crippen LogP contribution in [0, 0.1) is 5.82 Å². The van der Waals surface area contributed by atoms with Gasteiger partial charge in [-0.25, -0.2) is 4.39 Å². The monoisotopic (exact) mass is 352 g/mol. The van der Waals surface area contributed by atoms with Gasteiger partial charge in [-0.05, 0) is 31.2 Å². The highest BCUT2D eigenvalue weighted by Crippen LogP contribution is 2.19. The van der Waals surface area contributed by atoms with Crippen LogP contribution in [-0.2, 0) is 20.9 Å². The van der Waals surface area contributed by atoms with E-state index in [0.717, 1.165) is 10.6 Å². The summed E-state index contributed by atoms with van der Waals surface area (Å²) in [6.45, 7) is 1.02. The molecular formula is C16H14ClFN2O4. The molecule has 1 aromatic heterocycles. The lowest BCUT2D eigenvalue weighted by atomic mass is 10.3. The highest BCUT2D eigenvalue weighted by Gasteiger charge is 2.19. The van der Waals surface area contributed by atoms with Gasteiger partial charge in [0, 0.05) is 17.3 Å². The van der Waals surface area contributed by atoms with Crippen LogP contribution in [0.1, 0.15) is 6.92 Å². The van der Waals surface area contributed by atoms with Gasteiger partial charge in [0.1, 0.15) is 12.4 Å². The summed E-state index contributed by atoms with van der Waals surface area (Å²) < 4.78 is 19.7. The molecule has 1 heterocycles. The Morgan fingerprint density at radius 1 is 1.33 bits per heavy atom. The minimum absolute atomic E-state index is 0.0772. The molecule has 24 heavy (non-hydrogen) atoms. The smallest absolute Gasteiger partial charge is 0.326 e. The van der Waals surface area contributed by atoms with Crippen molar-refractivity contribution >= 4 is 29.2 Å². The Kier molecular flexibility index (Phi) is 5.70. The zero-order chi connectivity index (χ0) is 17.7. The number of halogens is 2. The van der Waals surface area contributed by atoms with E-state index in [9.17, 15) is 18.8 Å². The lowest BCUT2D eigenvalue weighted by Gasteiger charge is -2.14. The maximum absolute atomic E-state index is 13.6. The second-order valence-electron chi connectivity index (χ2n) is 4.91. The number of ether oxygens (including phenoxy) is 1. The molecule has 1 atom stereocenters. The molecule has 2 rings (SSSR count). The van der Waals surface area contributed by atoms with E-state index in [-0.39, 0.29) is 22.8 Å². The molecule has 0 fully saturated rings. The number of esters is 1. The van der Waals surface area contributed by atoms with Gasteiger partial charge in [-0.15, -0.1) is 0 Å². The zero-order valence-corrected chi connectivity index (χ0v) is 13.4. The fourth-order valence-electron chi connectivity index (χ4n) is 1.84. The molecule has 8 heteroatoms. The van der Waals surface area contributed by atoms with Crippen molar-refractivity contribution in [3.8, 4) is 0 Å². The molecule has 0 aliphatic rings. The first-order chi connectivity index (χ1) is 11.4. The van der Waals surface area contributed by atoms with Gasteiger partial charge in [0.05, 0.1) is 5.69 Å². The first-order valence-corrected chi connectivity index (χ1v) is 7.35. The van der Waals surface area contributed by atoms with E-state index < -0.39 is 23.8 Å². The molecule has 0 radical (unpaired) electrons. The Morgan fingerprint density at radius 2 is 2.08 bits per heavy atom. The van der Waals surface area contributed by atoms with Gasteiger partial charge in [-0.3, -0.25) is 14.4 Å². The summed E-state index contributed by atoms with van der Waals surface area (Å²) in [6.07, 6.45) is 0.268.